The minimum Gasteiger partial charge on any atom is -0.497 e. The van der Waals surface area contributed by atoms with Crippen molar-refractivity contribution in [3.05, 3.63) is 47.0 Å². The summed E-state index contributed by atoms with van der Waals surface area (Å²) in [5, 5.41) is 3.42. The van der Waals surface area contributed by atoms with E-state index in [2.05, 4.69) is 5.32 Å². The van der Waals surface area contributed by atoms with Gasteiger partial charge in [0.15, 0.2) is 0 Å². The van der Waals surface area contributed by atoms with Gasteiger partial charge in [0.05, 0.1) is 25.8 Å². The van der Waals surface area contributed by atoms with Gasteiger partial charge in [0, 0.05) is 29.7 Å². The Labute approximate surface area is 163 Å². The Hall–Kier alpha value is -2.73. The molecular weight excluding hydrogens is 368 g/mol. The van der Waals surface area contributed by atoms with Crippen molar-refractivity contribution in [3.8, 4) is 11.5 Å². The standard InChI is InChI=1S/C20H21ClN2O4/c1-12-4-5-14(9-16(12)21)22-20(25)13-8-19(24)23(11-13)17-7-6-15(26-2)10-18(17)27-3/h4-7,9-10,13H,8,11H2,1-3H3,(H,22,25). The Bertz CT molecular complexity index is 884. The van der Waals surface area contributed by atoms with Crippen molar-refractivity contribution in [2.45, 2.75) is 13.3 Å². The van der Waals surface area contributed by atoms with Crippen LogP contribution in [0.25, 0.3) is 0 Å². The van der Waals surface area contributed by atoms with Crippen LogP contribution in [0.5, 0.6) is 11.5 Å². The lowest BCUT2D eigenvalue weighted by Gasteiger charge is -2.20. The third-order valence-electron chi connectivity index (χ3n) is 4.61. The maximum Gasteiger partial charge on any atom is 0.229 e. The summed E-state index contributed by atoms with van der Waals surface area (Å²) in [7, 11) is 3.09. The molecule has 0 bridgehead atoms. The fourth-order valence-corrected chi connectivity index (χ4v) is 3.22. The van der Waals surface area contributed by atoms with E-state index in [1.807, 2.05) is 13.0 Å². The van der Waals surface area contributed by atoms with Gasteiger partial charge in [-0.2, -0.15) is 0 Å². The second kappa shape index (κ2) is 7.88. The number of nitrogens with zero attached hydrogens (tertiary/aromatic N) is 1. The van der Waals surface area contributed by atoms with E-state index in [4.69, 9.17) is 21.1 Å². The lowest BCUT2D eigenvalue weighted by atomic mass is 10.1. The van der Waals surface area contributed by atoms with Crippen molar-refractivity contribution in [2.75, 3.05) is 31.0 Å². The molecule has 0 radical (unpaired) electrons. The zero-order chi connectivity index (χ0) is 19.6. The number of benzene rings is 2. The largest absolute Gasteiger partial charge is 0.497 e. The topological polar surface area (TPSA) is 67.9 Å². The first-order chi connectivity index (χ1) is 12.9. The lowest BCUT2D eigenvalue weighted by molar-refractivity contribution is -0.122. The molecule has 1 fully saturated rings. The summed E-state index contributed by atoms with van der Waals surface area (Å²) < 4.78 is 10.6. The summed E-state index contributed by atoms with van der Waals surface area (Å²) in [4.78, 5) is 26.7. The van der Waals surface area contributed by atoms with Crippen LogP contribution in [0.2, 0.25) is 5.02 Å². The minimum atomic E-state index is -0.454. The summed E-state index contributed by atoms with van der Waals surface area (Å²) in [6, 6.07) is 10.6. The number of ether oxygens (including phenoxy) is 2. The third-order valence-corrected chi connectivity index (χ3v) is 5.02. The normalized spacial score (nSPS) is 16.4. The molecule has 1 aliphatic heterocycles. The minimum absolute atomic E-state index is 0.124. The Morgan fingerprint density at radius 3 is 2.63 bits per heavy atom. The SMILES string of the molecule is COc1ccc(N2CC(C(=O)Nc3ccc(C)c(Cl)c3)CC2=O)c(OC)c1. The van der Waals surface area contributed by atoms with E-state index in [0.717, 1.165) is 5.56 Å². The molecule has 0 spiro atoms. The van der Waals surface area contributed by atoms with E-state index in [1.54, 1.807) is 42.3 Å². The molecule has 2 aromatic carbocycles. The highest BCUT2D eigenvalue weighted by atomic mass is 35.5. The Kier molecular flexibility index (Phi) is 5.56. The zero-order valence-corrected chi connectivity index (χ0v) is 16.2. The molecule has 142 valence electrons. The number of methoxy groups -OCH3 is 2. The monoisotopic (exact) mass is 388 g/mol. The van der Waals surface area contributed by atoms with Gasteiger partial charge < -0.3 is 19.7 Å². The fraction of sp³-hybridized carbons (Fsp3) is 0.300. The summed E-state index contributed by atoms with van der Waals surface area (Å²) >= 11 is 6.10. The number of nitrogens with one attached hydrogen (secondary N) is 1. The number of hydrogen-bond donors (Lipinski definition) is 1. The van der Waals surface area contributed by atoms with Gasteiger partial charge >= 0.3 is 0 Å². The van der Waals surface area contributed by atoms with Gasteiger partial charge in [0.1, 0.15) is 11.5 Å². The maximum absolute atomic E-state index is 12.6. The number of rotatable bonds is 5. The molecule has 27 heavy (non-hydrogen) atoms. The van der Waals surface area contributed by atoms with E-state index in [9.17, 15) is 9.59 Å². The fourth-order valence-electron chi connectivity index (χ4n) is 3.04. The molecule has 1 atom stereocenters. The third kappa shape index (κ3) is 4.01. The summed E-state index contributed by atoms with van der Waals surface area (Å²) in [5.41, 5.74) is 2.17. The van der Waals surface area contributed by atoms with Gasteiger partial charge in [-0.3, -0.25) is 9.59 Å². The molecular formula is C20H21ClN2O4. The van der Waals surface area contributed by atoms with E-state index < -0.39 is 5.92 Å². The molecule has 2 amide bonds. The van der Waals surface area contributed by atoms with Gasteiger partial charge in [-0.1, -0.05) is 17.7 Å². The second-order valence-electron chi connectivity index (χ2n) is 6.40. The van der Waals surface area contributed by atoms with Crippen molar-refractivity contribution in [1.82, 2.24) is 0 Å². The molecule has 1 heterocycles. The van der Waals surface area contributed by atoms with Crippen LogP contribution in [0.3, 0.4) is 0 Å². The van der Waals surface area contributed by atoms with Gasteiger partial charge in [0.25, 0.3) is 0 Å². The lowest BCUT2D eigenvalue weighted by Crippen LogP contribution is -2.28. The average Bonchev–Trinajstić information content (AvgIpc) is 3.05. The van der Waals surface area contributed by atoms with E-state index in [1.165, 1.54) is 7.11 Å². The molecule has 1 unspecified atom stereocenters. The van der Waals surface area contributed by atoms with Gasteiger partial charge in [-0.15, -0.1) is 0 Å². The van der Waals surface area contributed by atoms with Crippen molar-refractivity contribution in [1.29, 1.82) is 0 Å². The molecule has 7 heteroatoms. The van der Waals surface area contributed by atoms with Crippen molar-refractivity contribution in [3.63, 3.8) is 0 Å². The molecule has 2 aromatic rings. The first-order valence-electron chi connectivity index (χ1n) is 8.52. The number of halogens is 1. The zero-order valence-electron chi connectivity index (χ0n) is 15.4. The number of aryl methyl sites for hydroxylation is 1. The number of anilines is 2. The molecule has 1 N–H and O–H groups in total. The van der Waals surface area contributed by atoms with Gasteiger partial charge in [0.2, 0.25) is 11.8 Å². The Morgan fingerprint density at radius 2 is 1.96 bits per heavy atom. The molecule has 3 rings (SSSR count). The number of amides is 2. The number of hydrogen-bond acceptors (Lipinski definition) is 4. The van der Waals surface area contributed by atoms with Gasteiger partial charge in [-0.25, -0.2) is 0 Å². The van der Waals surface area contributed by atoms with Crippen LogP contribution in [0.1, 0.15) is 12.0 Å². The number of carbonyl (C=O) groups excluding carboxylic acids is 2. The Balaban J connectivity index is 1.75. The summed E-state index contributed by atoms with van der Waals surface area (Å²) in [6.45, 7) is 2.18. The smallest absolute Gasteiger partial charge is 0.229 e. The van der Waals surface area contributed by atoms with Crippen LogP contribution < -0.4 is 19.7 Å². The molecule has 6 nitrogen and oxygen atoms in total. The van der Waals surface area contributed by atoms with E-state index >= 15 is 0 Å². The second-order valence-corrected chi connectivity index (χ2v) is 6.80. The molecule has 0 aliphatic carbocycles. The number of carbonyl (C=O) groups is 2. The maximum atomic E-state index is 12.6. The van der Waals surface area contributed by atoms with Crippen LogP contribution >= 0.6 is 11.6 Å². The molecule has 0 saturated carbocycles. The highest BCUT2D eigenvalue weighted by Gasteiger charge is 2.36. The first kappa shape index (κ1) is 19.0. The predicted octanol–water partition coefficient (Wildman–Crippen LogP) is 3.66. The van der Waals surface area contributed by atoms with Crippen molar-refractivity contribution < 1.29 is 19.1 Å². The van der Waals surface area contributed by atoms with Crippen LogP contribution in [0, 0.1) is 12.8 Å². The summed E-state index contributed by atoms with van der Waals surface area (Å²) in [6.07, 6.45) is 0.139. The molecule has 0 aromatic heterocycles. The average molecular weight is 389 g/mol. The van der Waals surface area contributed by atoms with E-state index in [0.29, 0.717) is 27.9 Å². The highest BCUT2D eigenvalue weighted by molar-refractivity contribution is 6.31. The van der Waals surface area contributed by atoms with Crippen LogP contribution in [-0.2, 0) is 9.59 Å². The van der Waals surface area contributed by atoms with Crippen molar-refractivity contribution >= 4 is 34.8 Å². The van der Waals surface area contributed by atoms with Crippen molar-refractivity contribution in [2.24, 2.45) is 5.92 Å². The Morgan fingerprint density at radius 1 is 1.19 bits per heavy atom. The highest BCUT2D eigenvalue weighted by Crippen LogP contribution is 2.36. The van der Waals surface area contributed by atoms with Crippen LogP contribution in [0.4, 0.5) is 11.4 Å². The quantitative estimate of drug-likeness (QED) is 0.848. The molecule has 1 saturated heterocycles. The first-order valence-corrected chi connectivity index (χ1v) is 8.90. The van der Waals surface area contributed by atoms with Gasteiger partial charge in [-0.05, 0) is 36.8 Å². The molecule has 1 aliphatic rings. The van der Waals surface area contributed by atoms with Crippen LogP contribution in [-0.4, -0.2) is 32.6 Å². The van der Waals surface area contributed by atoms with Crippen LogP contribution in [0.15, 0.2) is 36.4 Å². The summed E-state index contributed by atoms with van der Waals surface area (Å²) in [5.74, 6) is 0.366. The predicted molar refractivity (Wildman–Crippen MR) is 105 cm³/mol. The van der Waals surface area contributed by atoms with E-state index in [-0.39, 0.29) is 24.8 Å².